The Labute approximate surface area is 221 Å². The maximum atomic E-state index is 12.4. The zero-order valence-electron chi connectivity index (χ0n) is 22.0. The summed E-state index contributed by atoms with van der Waals surface area (Å²) in [7, 11) is -3.22. The SMILES string of the molecule is CCCS(=O)(=O)N1CCC(Nc2ncnc3c2ncn3[C@@H]2O[C@H](c3cc(C(C)(C)C)no3)[C@@H](O)[C@H]2O)CC1. The van der Waals surface area contributed by atoms with E-state index in [1.165, 1.54) is 12.7 Å². The van der Waals surface area contributed by atoms with Crippen LogP contribution in [0.3, 0.4) is 0 Å². The summed E-state index contributed by atoms with van der Waals surface area (Å²) in [5.41, 5.74) is 1.38. The highest BCUT2D eigenvalue weighted by molar-refractivity contribution is 7.89. The summed E-state index contributed by atoms with van der Waals surface area (Å²) in [6.45, 7) is 8.75. The monoisotopic (exact) mass is 549 g/mol. The quantitative estimate of drug-likeness (QED) is 0.392. The molecule has 0 aromatic carbocycles. The van der Waals surface area contributed by atoms with E-state index >= 15 is 0 Å². The molecule has 2 saturated heterocycles. The van der Waals surface area contributed by atoms with Gasteiger partial charge >= 0.3 is 0 Å². The van der Waals surface area contributed by atoms with Crippen LogP contribution in [0.2, 0.25) is 0 Å². The number of nitrogens with one attached hydrogen (secondary N) is 1. The molecular weight excluding hydrogens is 514 g/mol. The average molecular weight is 550 g/mol. The topological polar surface area (TPSA) is 169 Å². The fourth-order valence-corrected chi connectivity index (χ4v) is 6.45. The fourth-order valence-electron chi connectivity index (χ4n) is 4.90. The van der Waals surface area contributed by atoms with E-state index in [0.717, 1.165) is 0 Å². The smallest absolute Gasteiger partial charge is 0.214 e. The van der Waals surface area contributed by atoms with Gasteiger partial charge in [0, 0.05) is 30.6 Å². The summed E-state index contributed by atoms with van der Waals surface area (Å²) >= 11 is 0. The van der Waals surface area contributed by atoms with Crippen LogP contribution >= 0.6 is 0 Å². The molecule has 3 aromatic heterocycles. The predicted octanol–water partition coefficient (Wildman–Crippen LogP) is 1.72. The van der Waals surface area contributed by atoms with Gasteiger partial charge in [0.05, 0.1) is 17.8 Å². The van der Waals surface area contributed by atoms with Crippen LogP contribution in [0, 0.1) is 0 Å². The number of sulfonamides is 1. The van der Waals surface area contributed by atoms with Crippen LogP contribution in [0.5, 0.6) is 0 Å². The van der Waals surface area contributed by atoms with Gasteiger partial charge in [0.1, 0.15) is 24.6 Å². The van der Waals surface area contributed by atoms with Gasteiger partial charge in [0.15, 0.2) is 29.0 Å². The van der Waals surface area contributed by atoms with Crippen molar-refractivity contribution in [1.82, 2.24) is 29.0 Å². The number of rotatable bonds is 7. The van der Waals surface area contributed by atoms with Gasteiger partial charge in [-0.3, -0.25) is 4.57 Å². The molecule has 3 N–H and O–H groups in total. The van der Waals surface area contributed by atoms with Crippen molar-refractivity contribution in [1.29, 1.82) is 0 Å². The zero-order chi connectivity index (χ0) is 27.2. The van der Waals surface area contributed by atoms with E-state index in [4.69, 9.17) is 9.26 Å². The Kier molecular flexibility index (Phi) is 7.20. The average Bonchev–Trinajstić information content (AvgIpc) is 3.58. The minimum atomic E-state index is -3.22. The Balaban J connectivity index is 1.32. The number of hydrogen-bond acceptors (Lipinski definition) is 11. The van der Waals surface area contributed by atoms with Crippen LogP contribution in [0.1, 0.15) is 70.7 Å². The van der Waals surface area contributed by atoms with Crippen LogP contribution in [-0.4, -0.2) is 84.7 Å². The molecule has 2 fully saturated rings. The van der Waals surface area contributed by atoms with Gasteiger partial charge in [-0.15, -0.1) is 0 Å². The first-order valence-electron chi connectivity index (χ1n) is 12.9. The van der Waals surface area contributed by atoms with E-state index in [9.17, 15) is 18.6 Å². The number of nitrogens with zero attached hydrogens (tertiary/aromatic N) is 6. The van der Waals surface area contributed by atoms with Gasteiger partial charge in [-0.1, -0.05) is 32.9 Å². The summed E-state index contributed by atoms with van der Waals surface area (Å²) < 4.78 is 39.4. The minimum Gasteiger partial charge on any atom is -0.387 e. The Morgan fingerprint density at radius 2 is 1.87 bits per heavy atom. The minimum absolute atomic E-state index is 0.0225. The second-order valence-electron chi connectivity index (χ2n) is 11.0. The fraction of sp³-hybridized carbons (Fsp3) is 0.667. The number of ether oxygens (including phenoxy) is 1. The lowest BCUT2D eigenvalue weighted by Gasteiger charge is -2.31. The molecule has 3 aromatic rings. The van der Waals surface area contributed by atoms with Crippen molar-refractivity contribution in [2.24, 2.45) is 0 Å². The van der Waals surface area contributed by atoms with Crippen molar-refractivity contribution in [3.05, 3.63) is 30.2 Å². The van der Waals surface area contributed by atoms with Gasteiger partial charge in [0.25, 0.3) is 0 Å². The highest BCUT2D eigenvalue weighted by Gasteiger charge is 2.47. The molecule has 38 heavy (non-hydrogen) atoms. The van der Waals surface area contributed by atoms with Crippen LogP contribution in [0.25, 0.3) is 11.2 Å². The summed E-state index contributed by atoms with van der Waals surface area (Å²) in [5.74, 6) is 1.00. The van der Waals surface area contributed by atoms with Crippen molar-refractivity contribution < 1.29 is 27.9 Å². The second-order valence-corrected chi connectivity index (χ2v) is 13.1. The molecule has 0 aliphatic carbocycles. The van der Waals surface area contributed by atoms with E-state index in [-0.39, 0.29) is 17.2 Å². The Hall–Kier alpha value is -2.65. The third kappa shape index (κ3) is 5.02. The first-order valence-corrected chi connectivity index (χ1v) is 14.5. The van der Waals surface area contributed by atoms with Gasteiger partial charge < -0.3 is 24.8 Å². The molecule has 14 heteroatoms. The third-order valence-corrected chi connectivity index (χ3v) is 9.17. The van der Waals surface area contributed by atoms with E-state index in [0.29, 0.717) is 60.8 Å². The van der Waals surface area contributed by atoms with Gasteiger partial charge in [-0.05, 0) is 19.3 Å². The van der Waals surface area contributed by atoms with Crippen LogP contribution in [0.4, 0.5) is 5.82 Å². The summed E-state index contributed by atoms with van der Waals surface area (Å²) in [4.78, 5) is 13.2. The number of fused-ring (bicyclic) bond motifs is 1. The lowest BCUT2D eigenvalue weighted by atomic mass is 9.92. The Morgan fingerprint density at radius 3 is 2.53 bits per heavy atom. The Morgan fingerprint density at radius 1 is 1.13 bits per heavy atom. The van der Waals surface area contributed by atoms with Crippen molar-refractivity contribution in [2.45, 2.75) is 83.0 Å². The number of anilines is 1. The van der Waals surface area contributed by atoms with Gasteiger partial charge in [-0.25, -0.2) is 27.7 Å². The maximum absolute atomic E-state index is 12.4. The molecule has 0 saturated carbocycles. The number of hydrogen-bond donors (Lipinski definition) is 3. The molecular formula is C24H35N7O6S. The maximum Gasteiger partial charge on any atom is 0.214 e. The third-order valence-electron chi connectivity index (χ3n) is 7.10. The first kappa shape index (κ1) is 26.9. The molecule has 0 bridgehead atoms. The zero-order valence-corrected chi connectivity index (χ0v) is 22.8. The summed E-state index contributed by atoms with van der Waals surface area (Å²) in [6, 6.07) is 1.76. The molecule has 0 spiro atoms. The lowest BCUT2D eigenvalue weighted by Crippen LogP contribution is -2.43. The molecule has 13 nitrogen and oxygen atoms in total. The number of aliphatic hydroxyl groups is 2. The molecule has 0 radical (unpaired) electrons. The number of imidazole rings is 1. The van der Waals surface area contributed by atoms with Gasteiger partial charge in [0.2, 0.25) is 10.0 Å². The van der Waals surface area contributed by atoms with Gasteiger partial charge in [-0.2, -0.15) is 0 Å². The normalized spacial score (nSPS) is 25.8. The van der Waals surface area contributed by atoms with Crippen molar-refractivity contribution in [2.75, 3.05) is 24.2 Å². The summed E-state index contributed by atoms with van der Waals surface area (Å²) in [5, 5.41) is 29.1. The second kappa shape index (κ2) is 10.2. The van der Waals surface area contributed by atoms with E-state index in [1.807, 2.05) is 27.7 Å². The number of piperidine rings is 1. The van der Waals surface area contributed by atoms with Crippen LogP contribution in [0.15, 0.2) is 23.2 Å². The van der Waals surface area contributed by atoms with Crippen molar-refractivity contribution >= 4 is 27.0 Å². The van der Waals surface area contributed by atoms with E-state index in [1.54, 1.807) is 14.9 Å². The van der Waals surface area contributed by atoms with Crippen molar-refractivity contribution in [3.8, 4) is 0 Å². The standard InChI is InChI=1S/C24H35N7O6S/c1-5-10-38(34,35)30-8-6-14(7-9-30)28-21-17-22(26-12-25-21)31(13-27-17)23-19(33)18(32)20(36-23)15-11-16(29-37-15)24(2,3)4/h11-14,18-20,23,32-33H,5-10H2,1-4H3,(H,25,26,28)/t18-,19+,20+,23+/m0/s1. The van der Waals surface area contributed by atoms with Crippen LogP contribution < -0.4 is 5.32 Å². The van der Waals surface area contributed by atoms with E-state index in [2.05, 4.69) is 25.4 Å². The van der Waals surface area contributed by atoms with Crippen LogP contribution in [-0.2, 0) is 20.2 Å². The molecule has 0 unspecified atom stereocenters. The molecule has 5 rings (SSSR count). The first-order chi connectivity index (χ1) is 18.0. The summed E-state index contributed by atoms with van der Waals surface area (Å²) in [6.07, 6.45) is 0.382. The molecule has 2 aliphatic heterocycles. The van der Waals surface area contributed by atoms with E-state index < -0.39 is 34.6 Å². The Bertz CT molecular complexity index is 1380. The predicted molar refractivity (Wildman–Crippen MR) is 138 cm³/mol. The molecule has 208 valence electrons. The van der Waals surface area contributed by atoms with Crippen molar-refractivity contribution in [3.63, 3.8) is 0 Å². The molecule has 0 amide bonds. The molecule has 4 atom stereocenters. The number of aromatic nitrogens is 5. The molecule has 5 heterocycles. The highest BCUT2D eigenvalue weighted by Crippen LogP contribution is 2.41. The largest absolute Gasteiger partial charge is 0.387 e. The highest BCUT2D eigenvalue weighted by atomic mass is 32.2. The number of aliphatic hydroxyl groups excluding tert-OH is 2. The lowest BCUT2D eigenvalue weighted by molar-refractivity contribution is -0.0434. The molecule has 2 aliphatic rings.